The van der Waals surface area contributed by atoms with Crippen molar-refractivity contribution in [2.75, 3.05) is 6.54 Å². The highest BCUT2D eigenvalue weighted by Gasteiger charge is 2.29. The minimum atomic E-state index is -1.29. The summed E-state index contributed by atoms with van der Waals surface area (Å²) < 4.78 is 0. The molecule has 0 spiro atoms. The predicted octanol–water partition coefficient (Wildman–Crippen LogP) is 2.51. The Balaban J connectivity index is 1.95. The Morgan fingerprint density at radius 2 is 1.47 bits per heavy atom. The van der Waals surface area contributed by atoms with Crippen LogP contribution in [0, 0.1) is 5.92 Å². The lowest BCUT2D eigenvalue weighted by atomic mass is 9.96. The Hall–Kier alpha value is -3.39. The van der Waals surface area contributed by atoms with Gasteiger partial charge in [0.1, 0.15) is 6.04 Å². The molecule has 2 aromatic carbocycles. The number of rotatable bonds is 13. The summed E-state index contributed by atoms with van der Waals surface area (Å²) in [6.45, 7) is 3.98. The van der Waals surface area contributed by atoms with Crippen molar-refractivity contribution in [1.29, 1.82) is 0 Å². The standard InChI is InChI=1S/C26H35N3O5/c1-18(2)24(29-26(33)34)25(32)28-21(17-20-11-7-4-8-12-20)22(30)13-14-23(31)27-16-15-19-9-5-3-6-10-19/h3-12,18,21-22,24,29-30H,13-17H2,1-2H3,(H,27,31)(H,28,32)(H,33,34)/t21-,22-,24-/m0/s1. The van der Waals surface area contributed by atoms with Crippen molar-refractivity contribution in [2.24, 2.45) is 5.92 Å². The van der Waals surface area contributed by atoms with Crippen LogP contribution in [0.1, 0.15) is 37.8 Å². The Kier molecular flexibility index (Phi) is 11.1. The maximum absolute atomic E-state index is 12.8. The molecule has 0 saturated carbocycles. The van der Waals surface area contributed by atoms with Crippen molar-refractivity contribution in [3.8, 4) is 0 Å². The van der Waals surface area contributed by atoms with E-state index in [1.54, 1.807) is 13.8 Å². The topological polar surface area (TPSA) is 128 Å². The highest BCUT2D eigenvalue weighted by Crippen LogP contribution is 2.12. The molecule has 0 saturated heterocycles. The van der Waals surface area contributed by atoms with E-state index in [2.05, 4.69) is 16.0 Å². The summed E-state index contributed by atoms with van der Waals surface area (Å²) in [6.07, 6.45) is -0.940. The van der Waals surface area contributed by atoms with E-state index in [0.717, 1.165) is 17.5 Å². The van der Waals surface area contributed by atoms with Crippen molar-refractivity contribution < 1.29 is 24.6 Å². The number of aliphatic hydroxyl groups excluding tert-OH is 1. The van der Waals surface area contributed by atoms with Crippen LogP contribution >= 0.6 is 0 Å². The average Bonchev–Trinajstić information content (AvgIpc) is 2.81. The van der Waals surface area contributed by atoms with Gasteiger partial charge in [0.15, 0.2) is 0 Å². The Labute approximate surface area is 200 Å². The third-order valence-electron chi connectivity index (χ3n) is 5.56. The molecule has 0 unspecified atom stereocenters. The zero-order valence-corrected chi connectivity index (χ0v) is 19.7. The second kappa shape index (κ2) is 14.0. The summed E-state index contributed by atoms with van der Waals surface area (Å²) in [4.78, 5) is 36.2. The molecule has 0 radical (unpaired) electrons. The highest BCUT2D eigenvalue weighted by atomic mass is 16.4. The fourth-order valence-corrected chi connectivity index (χ4v) is 3.65. The molecule has 2 aromatic rings. The summed E-state index contributed by atoms with van der Waals surface area (Å²) in [6, 6.07) is 17.6. The third-order valence-corrected chi connectivity index (χ3v) is 5.56. The van der Waals surface area contributed by atoms with Crippen molar-refractivity contribution >= 4 is 17.9 Å². The number of hydrogen-bond donors (Lipinski definition) is 5. The molecule has 34 heavy (non-hydrogen) atoms. The van der Waals surface area contributed by atoms with E-state index in [0.29, 0.717) is 13.0 Å². The Morgan fingerprint density at radius 3 is 2.03 bits per heavy atom. The van der Waals surface area contributed by atoms with Gasteiger partial charge in [-0.3, -0.25) is 9.59 Å². The molecule has 0 aromatic heterocycles. The third kappa shape index (κ3) is 9.62. The first-order valence-corrected chi connectivity index (χ1v) is 11.6. The first-order valence-electron chi connectivity index (χ1n) is 11.6. The predicted molar refractivity (Wildman–Crippen MR) is 130 cm³/mol. The molecule has 8 heteroatoms. The van der Waals surface area contributed by atoms with Gasteiger partial charge < -0.3 is 26.2 Å². The maximum Gasteiger partial charge on any atom is 0.405 e. The number of aliphatic hydroxyl groups is 1. The van der Waals surface area contributed by atoms with E-state index in [4.69, 9.17) is 5.11 Å². The van der Waals surface area contributed by atoms with Gasteiger partial charge in [-0.15, -0.1) is 0 Å². The summed E-state index contributed by atoms with van der Waals surface area (Å²) in [5, 5.41) is 27.8. The van der Waals surface area contributed by atoms with Crippen LogP contribution in [0.2, 0.25) is 0 Å². The van der Waals surface area contributed by atoms with E-state index < -0.39 is 30.2 Å². The molecule has 2 rings (SSSR count). The monoisotopic (exact) mass is 469 g/mol. The second-order valence-corrected chi connectivity index (χ2v) is 8.67. The fourth-order valence-electron chi connectivity index (χ4n) is 3.65. The van der Waals surface area contributed by atoms with Crippen LogP contribution in [0.3, 0.4) is 0 Å². The highest BCUT2D eigenvalue weighted by molar-refractivity contribution is 5.85. The number of nitrogens with one attached hydrogen (secondary N) is 3. The van der Waals surface area contributed by atoms with Crippen LogP contribution in [0.5, 0.6) is 0 Å². The maximum atomic E-state index is 12.8. The first kappa shape index (κ1) is 26.9. The molecule has 0 bridgehead atoms. The smallest absolute Gasteiger partial charge is 0.405 e. The number of hydrogen-bond acceptors (Lipinski definition) is 4. The summed E-state index contributed by atoms with van der Waals surface area (Å²) in [5.74, 6) is -0.960. The quantitative estimate of drug-likeness (QED) is 0.308. The largest absolute Gasteiger partial charge is 0.465 e. The van der Waals surface area contributed by atoms with Crippen LogP contribution in [0.25, 0.3) is 0 Å². The van der Waals surface area contributed by atoms with Gasteiger partial charge >= 0.3 is 6.09 Å². The van der Waals surface area contributed by atoms with Crippen LogP contribution in [0.15, 0.2) is 60.7 Å². The van der Waals surface area contributed by atoms with Gasteiger partial charge in [-0.2, -0.15) is 0 Å². The average molecular weight is 470 g/mol. The van der Waals surface area contributed by atoms with E-state index in [-0.39, 0.29) is 24.7 Å². The summed E-state index contributed by atoms with van der Waals surface area (Å²) in [7, 11) is 0. The zero-order valence-electron chi connectivity index (χ0n) is 19.7. The fraction of sp³-hybridized carbons (Fsp3) is 0.423. The van der Waals surface area contributed by atoms with Crippen LogP contribution in [-0.2, 0) is 22.4 Å². The van der Waals surface area contributed by atoms with E-state index in [1.165, 1.54) is 0 Å². The summed E-state index contributed by atoms with van der Waals surface area (Å²) in [5.41, 5.74) is 2.04. The number of amides is 3. The molecule has 0 aliphatic heterocycles. The molecule has 3 atom stereocenters. The molecular weight excluding hydrogens is 434 g/mol. The number of benzene rings is 2. The van der Waals surface area contributed by atoms with Crippen molar-refractivity contribution in [2.45, 2.75) is 57.7 Å². The minimum Gasteiger partial charge on any atom is -0.465 e. The SMILES string of the molecule is CC(C)[C@H](NC(=O)O)C(=O)N[C@@H](Cc1ccccc1)[C@@H](O)CCC(=O)NCCc1ccccc1. The lowest BCUT2D eigenvalue weighted by Gasteiger charge is -2.28. The van der Waals surface area contributed by atoms with E-state index in [1.807, 2.05) is 60.7 Å². The molecule has 0 heterocycles. The van der Waals surface area contributed by atoms with Gasteiger partial charge in [-0.25, -0.2) is 4.79 Å². The lowest BCUT2D eigenvalue weighted by molar-refractivity contribution is -0.125. The van der Waals surface area contributed by atoms with Crippen LogP contribution in [0.4, 0.5) is 4.79 Å². The van der Waals surface area contributed by atoms with Gasteiger partial charge in [0.05, 0.1) is 12.1 Å². The van der Waals surface area contributed by atoms with Gasteiger partial charge in [0, 0.05) is 13.0 Å². The van der Waals surface area contributed by atoms with Crippen LogP contribution in [-0.4, -0.2) is 52.9 Å². The summed E-state index contributed by atoms with van der Waals surface area (Å²) >= 11 is 0. The Bertz CT molecular complexity index is 905. The molecule has 0 aliphatic carbocycles. The molecular formula is C26H35N3O5. The van der Waals surface area contributed by atoms with E-state index >= 15 is 0 Å². The molecule has 8 nitrogen and oxygen atoms in total. The molecule has 0 fully saturated rings. The zero-order chi connectivity index (χ0) is 24.9. The van der Waals surface area contributed by atoms with Gasteiger partial charge in [-0.05, 0) is 36.3 Å². The Morgan fingerprint density at radius 1 is 0.882 bits per heavy atom. The molecule has 184 valence electrons. The normalized spacial score (nSPS) is 13.5. The molecule has 3 amide bonds. The first-order chi connectivity index (χ1) is 16.3. The van der Waals surface area contributed by atoms with Gasteiger partial charge in [0.2, 0.25) is 11.8 Å². The number of carboxylic acid groups (broad SMARTS) is 1. The second-order valence-electron chi connectivity index (χ2n) is 8.67. The number of carbonyl (C=O) groups excluding carboxylic acids is 2. The van der Waals surface area contributed by atoms with Crippen molar-refractivity contribution in [3.05, 3.63) is 71.8 Å². The number of carbonyl (C=O) groups is 3. The van der Waals surface area contributed by atoms with Gasteiger partial charge in [-0.1, -0.05) is 74.5 Å². The molecule has 5 N–H and O–H groups in total. The van der Waals surface area contributed by atoms with Crippen LogP contribution < -0.4 is 16.0 Å². The van der Waals surface area contributed by atoms with Crippen molar-refractivity contribution in [1.82, 2.24) is 16.0 Å². The van der Waals surface area contributed by atoms with Gasteiger partial charge in [0.25, 0.3) is 0 Å². The van der Waals surface area contributed by atoms with Crippen molar-refractivity contribution in [3.63, 3.8) is 0 Å². The molecule has 0 aliphatic rings. The lowest BCUT2D eigenvalue weighted by Crippen LogP contribution is -2.54. The van der Waals surface area contributed by atoms with E-state index in [9.17, 15) is 19.5 Å². The minimum absolute atomic E-state index is 0.109.